The van der Waals surface area contributed by atoms with Crippen molar-refractivity contribution in [1.82, 2.24) is 14.4 Å². The molecule has 35 heavy (non-hydrogen) atoms. The van der Waals surface area contributed by atoms with E-state index in [0.29, 0.717) is 71.4 Å². The van der Waals surface area contributed by atoms with Crippen LogP contribution in [0.4, 0.5) is 10.6 Å². The summed E-state index contributed by atoms with van der Waals surface area (Å²) in [6.07, 6.45) is 2.23. The average molecular weight is 518 g/mol. The molecule has 11 heteroatoms. The van der Waals surface area contributed by atoms with Crippen LogP contribution in [0.15, 0.2) is 9.70 Å². The molecule has 0 bridgehead atoms. The zero-order chi connectivity index (χ0) is 25.9. The molecule has 2 aliphatic heterocycles. The standard InChI is InChI=1S/C24H31N5O4S2/c1-6-33-23(32)28-11-9-27(10-12-28)20-17(16(4)18(14-25)21(30)26(20)5)13-19-22(31)29(24(34)35-19)8-7-15(2)3/h13,15H,6-12H2,1-5H3. The first-order valence-corrected chi connectivity index (χ1v) is 12.9. The Morgan fingerprint density at radius 3 is 2.49 bits per heavy atom. The third kappa shape index (κ3) is 5.54. The van der Waals surface area contributed by atoms with Gasteiger partial charge < -0.3 is 14.5 Å². The van der Waals surface area contributed by atoms with Crippen LogP contribution in [0.5, 0.6) is 0 Å². The first-order chi connectivity index (χ1) is 16.6. The van der Waals surface area contributed by atoms with Crippen LogP contribution in [0.1, 0.15) is 43.9 Å². The number of anilines is 1. The van der Waals surface area contributed by atoms with Gasteiger partial charge in [0.1, 0.15) is 21.8 Å². The molecule has 2 aliphatic rings. The van der Waals surface area contributed by atoms with Crippen LogP contribution < -0.4 is 10.5 Å². The van der Waals surface area contributed by atoms with Crippen LogP contribution >= 0.6 is 24.0 Å². The van der Waals surface area contributed by atoms with E-state index in [9.17, 15) is 19.6 Å². The van der Waals surface area contributed by atoms with E-state index < -0.39 is 5.56 Å². The third-order valence-corrected chi connectivity index (χ3v) is 7.53. The maximum absolute atomic E-state index is 13.2. The van der Waals surface area contributed by atoms with Crippen molar-refractivity contribution in [2.45, 2.75) is 34.1 Å². The lowest BCUT2D eigenvalue weighted by Crippen LogP contribution is -2.50. The van der Waals surface area contributed by atoms with E-state index in [1.54, 1.807) is 36.8 Å². The second kappa shape index (κ2) is 11.3. The molecule has 188 valence electrons. The molecule has 0 radical (unpaired) electrons. The lowest BCUT2D eigenvalue weighted by molar-refractivity contribution is -0.122. The number of nitriles is 1. The average Bonchev–Trinajstić information content (AvgIpc) is 3.09. The molecule has 0 unspecified atom stereocenters. The number of pyridine rings is 1. The Balaban J connectivity index is 2.01. The molecule has 2 fully saturated rings. The molecule has 0 saturated carbocycles. The minimum Gasteiger partial charge on any atom is -0.450 e. The van der Waals surface area contributed by atoms with Gasteiger partial charge in [-0.05, 0) is 37.8 Å². The molecule has 3 heterocycles. The van der Waals surface area contributed by atoms with E-state index in [-0.39, 0.29) is 17.6 Å². The Labute approximate surface area is 215 Å². The first-order valence-electron chi connectivity index (χ1n) is 11.7. The van der Waals surface area contributed by atoms with Gasteiger partial charge in [-0.25, -0.2) is 4.79 Å². The molecular formula is C24H31N5O4S2. The minimum atomic E-state index is -0.394. The van der Waals surface area contributed by atoms with Crippen LogP contribution in [0.25, 0.3) is 6.08 Å². The predicted octanol–water partition coefficient (Wildman–Crippen LogP) is 3.09. The maximum atomic E-state index is 13.2. The van der Waals surface area contributed by atoms with Crippen molar-refractivity contribution in [1.29, 1.82) is 5.26 Å². The van der Waals surface area contributed by atoms with Crippen molar-refractivity contribution in [2.24, 2.45) is 13.0 Å². The number of thiocarbonyl (C=S) groups is 1. The summed E-state index contributed by atoms with van der Waals surface area (Å²) in [4.78, 5) is 44.0. The van der Waals surface area contributed by atoms with Gasteiger partial charge in [0.25, 0.3) is 11.5 Å². The van der Waals surface area contributed by atoms with Crippen LogP contribution in [-0.4, -0.2) is 70.0 Å². The zero-order valence-electron chi connectivity index (χ0n) is 20.8. The summed E-state index contributed by atoms with van der Waals surface area (Å²) in [6.45, 7) is 10.4. The van der Waals surface area contributed by atoms with E-state index in [0.717, 1.165) is 6.42 Å². The fraction of sp³-hybridized carbons (Fsp3) is 0.542. The largest absolute Gasteiger partial charge is 0.450 e. The van der Waals surface area contributed by atoms with E-state index in [1.165, 1.54) is 16.3 Å². The molecule has 0 atom stereocenters. The number of amides is 2. The summed E-state index contributed by atoms with van der Waals surface area (Å²) in [5.41, 5.74) is 0.806. The quantitative estimate of drug-likeness (QED) is 0.419. The van der Waals surface area contributed by atoms with Crippen molar-refractivity contribution in [3.05, 3.63) is 31.9 Å². The van der Waals surface area contributed by atoms with E-state index in [4.69, 9.17) is 17.0 Å². The summed E-state index contributed by atoms with van der Waals surface area (Å²) in [7, 11) is 1.63. The van der Waals surface area contributed by atoms with E-state index in [1.807, 2.05) is 11.0 Å². The number of rotatable bonds is 6. The van der Waals surface area contributed by atoms with Gasteiger partial charge in [0, 0.05) is 45.3 Å². The molecule has 0 spiro atoms. The smallest absolute Gasteiger partial charge is 0.409 e. The van der Waals surface area contributed by atoms with Gasteiger partial charge in [-0.3, -0.25) is 19.1 Å². The normalized spacial score (nSPS) is 17.5. The van der Waals surface area contributed by atoms with Crippen LogP contribution in [-0.2, 0) is 16.6 Å². The second-order valence-corrected chi connectivity index (χ2v) is 10.6. The highest BCUT2D eigenvalue weighted by atomic mass is 32.2. The topological polar surface area (TPSA) is 98.9 Å². The predicted molar refractivity (Wildman–Crippen MR) is 141 cm³/mol. The number of aromatic nitrogens is 1. The van der Waals surface area contributed by atoms with Crippen molar-refractivity contribution < 1.29 is 14.3 Å². The van der Waals surface area contributed by atoms with Crippen LogP contribution in [0.3, 0.4) is 0 Å². The SMILES string of the molecule is CCOC(=O)N1CCN(c2c(C=C3SC(=S)N(CCC(C)C)C3=O)c(C)c(C#N)c(=O)n2C)CC1. The fourth-order valence-electron chi connectivity index (χ4n) is 4.12. The lowest BCUT2D eigenvalue weighted by atomic mass is 10.0. The highest BCUT2D eigenvalue weighted by Gasteiger charge is 2.33. The van der Waals surface area contributed by atoms with Gasteiger partial charge in [-0.2, -0.15) is 5.26 Å². The monoisotopic (exact) mass is 517 g/mol. The summed E-state index contributed by atoms with van der Waals surface area (Å²) in [5, 5.41) is 9.66. The molecule has 2 saturated heterocycles. The highest BCUT2D eigenvalue weighted by molar-refractivity contribution is 8.26. The first kappa shape index (κ1) is 26.8. The Bertz CT molecular complexity index is 1160. The van der Waals surface area contributed by atoms with E-state index >= 15 is 0 Å². The lowest BCUT2D eigenvalue weighted by Gasteiger charge is -2.37. The molecule has 2 amide bonds. The number of nitrogens with zero attached hydrogens (tertiary/aromatic N) is 5. The van der Waals surface area contributed by atoms with Gasteiger partial charge >= 0.3 is 6.09 Å². The van der Waals surface area contributed by atoms with Gasteiger partial charge in [-0.1, -0.05) is 37.8 Å². The van der Waals surface area contributed by atoms with Crippen molar-refractivity contribution in [3.8, 4) is 6.07 Å². The fourth-order valence-corrected chi connectivity index (χ4v) is 5.41. The van der Waals surface area contributed by atoms with Crippen molar-refractivity contribution >= 4 is 52.2 Å². The molecule has 9 nitrogen and oxygen atoms in total. The Kier molecular flexibility index (Phi) is 8.61. The molecule has 1 aromatic rings. The molecular weight excluding hydrogens is 486 g/mol. The van der Waals surface area contributed by atoms with Gasteiger partial charge in [0.2, 0.25) is 0 Å². The highest BCUT2D eigenvalue weighted by Crippen LogP contribution is 2.36. The van der Waals surface area contributed by atoms with Gasteiger partial charge in [-0.15, -0.1) is 0 Å². The molecule has 0 aromatic carbocycles. The summed E-state index contributed by atoms with van der Waals surface area (Å²) in [5.74, 6) is 0.889. The number of thioether (sulfide) groups is 1. The number of carbonyl (C=O) groups excluding carboxylic acids is 2. The summed E-state index contributed by atoms with van der Waals surface area (Å²) >= 11 is 6.70. The summed E-state index contributed by atoms with van der Waals surface area (Å²) in [6, 6.07) is 2.02. The van der Waals surface area contributed by atoms with E-state index in [2.05, 4.69) is 13.8 Å². The number of carbonyl (C=O) groups is 2. The Morgan fingerprint density at radius 2 is 1.91 bits per heavy atom. The molecule has 0 N–H and O–H groups in total. The number of piperazine rings is 1. The zero-order valence-corrected chi connectivity index (χ0v) is 22.4. The Hall–Kier alpha value is -2.84. The van der Waals surface area contributed by atoms with Crippen LogP contribution in [0.2, 0.25) is 0 Å². The number of ether oxygens (including phenoxy) is 1. The van der Waals surface area contributed by atoms with Crippen molar-refractivity contribution in [2.75, 3.05) is 44.2 Å². The maximum Gasteiger partial charge on any atom is 0.409 e. The Morgan fingerprint density at radius 1 is 1.26 bits per heavy atom. The van der Waals surface area contributed by atoms with Gasteiger partial charge in [0.15, 0.2) is 0 Å². The molecule has 1 aromatic heterocycles. The van der Waals surface area contributed by atoms with Gasteiger partial charge in [0.05, 0.1) is 11.5 Å². The second-order valence-electron chi connectivity index (χ2n) is 8.90. The summed E-state index contributed by atoms with van der Waals surface area (Å²) < 4.78 is 7.07. The third-order valence-electron chi connectivity index (χ3n) is 6.15. The minimum absolute atomic E-state index is 0.0444. The van der Waals surface area contributed by atoms with Crippen molar-refractivity contribution in [3.63, 3.8) is 0 Å². The number of hydrogen-bond acceptors (Lipinski definition) is 8. The molecule has 3 rings (SSSR count). The number of hydrogen-bond donors (Lipinski definition) is 0. The van der Waals surface area contributed by atoms with Crippen LogP contribution in [0, 0.1) is 24.2 Å². The molecule has 0 aliphatic carbocycles.